The van der Waals surface area contributed by atoms with Crippen LogP contribution in [0.3, 0.4) is 0 Å². The normalized spacial score (nSPS) is 30.0. The van der Waals surface area contributed by atoms with E-state index in [4.69, 9.17) is 0 Å². The standard InChI is InChI=1S/C16H19NO4/c18-14-11-8-4-5-9-12(11)15(19)17(14)13(16(20)21)10-6-2-1-3-7-10/h1-3,6-7,11-14,18H,4-5,8-9H2,(H,20,21). The van der Waals surface area contributed by atoms with Gasteiger partial charge >= 0.3 is 5.97 Å². The minimum atomic E-state index is -1.11. The fourth-order valence-electron chi connectivity index (χ4n) is 3.69. The summed E-state index contributed by atoms with van der Waals surface area (Å²) in [6, 6.07) is 7.53. The number of nitrogens with zero attached hydrogens (tertiary/aromatic N) is 1. The van der Waals surface area contributed by atoms with Crippen LogP contribution in [0.5, 0.6) is 0 Å². The summed E-state index contributed by atoms with van der Waals surface area (Å²) in [5, 5.41) is 20.0. The molecule has 1 saturated heterocycles. The maximum Gasteiger partial charge on any atom is 0.331 e. The second-order valence-corrected chi connectivity index (χ2v) is 5.87. The van der Waals surface area contributed by atoms with Crippen LogP contribution in [0.4, 0.5) is 0 Å². The Kier molecular flexibility index (Phi) is 3.68. The highest BCUT2D eigenvalue weighted by atomic mass is 16.4. The number of aliphatic carboxylic acids is 1. The Morgan fingerprint density at radius 2 is 1.86 bits per heavy atom. The van der Waals surface area contributed by atoms with Crippen molar-refractivity contribution >= 4 is 11.9 Å². The highest BCUT2D eigenvalue weighted by molar-refractivity contribution is 5.88. The number of carbonyl (C=O) groups is 2. The van der Waals surface area contributed by atoms with E-state index in [1.54, 1.807) is 30.3 Å². The topological polar surface area (TPSA) is 77.8 Å². The van der Waals surface area contributed by atoms with Crippen LogP contribution in [0.2, 0.25) is 0 Å². The average molecular weight is 289 g/mol. The van der Waals surface area contributed by atoms with Crippen molar-refractivity contribution in [1.82, 2.24) is 4.90 Å². The predicted molar refractivity (Wildman–Crippen MR) is 75.1 cm³/mol. The maximum absolute atomic E-state index is 12.6. The van der Waals surface area contributed by atoms with Gasteiger partial charge in [-0.25, -0.2) is 4.79 Å². The van der Waals surface area contributed by atoms with Gasteiger partial charge in [0.05, 0.1) is 0 Å². The summed E-state index contributed by atoms with van der Waals surface area (Å²) in [5.74, 6) is -1.67. The number of amides is 1. The van der Waals surface area contributed by atoms with E-state index in [2.05, 4.69) is 0 Å². The van der Waals surface area contributed by atoms with Crippen LogP contribution >= 0.6 is 0 Å². The van der Waals surface area contributed by atoms with Gasteiger partial charge in [-0.1, -0.05) is 43.2 Å². The van der Waals surface area contributed by atoms with Crippen molar-refractivity contribution in [3.05, 3.63) is 35.9 Å². The molecule has 4 atom stereocenters. The number of hydrogen-bond acceptors (Lipinski definition) is 3. The second kappa shape index (κ2) is 5.48. The van der Waals surface area contributed by atoms with Crippen molar-refractivity contribution in [2.75, 3.05) is 0 Å². The molecule has 4 unspecified atom stereocenters. The Bertz CT molecular complexity index is 544. The Morgan fingerprint density at radius 3 is 2.48 bits per heavy atom. The molecule has 1 aliphatic carbocycles. The lowest BCUT2D eigenvalue weighted by Gasteiger charge is -2.29. The number of hydrogen-bond donors (Lipinski definition) is 2. The maximum atomic E-state index is 12.6. The van der Waals surface area contributed by atoms with Gasteiger partial charge in [-0.05, 0) is 18.4 Å². The number of aliphatic hydroxyl groups excluding tert-OH is 1. The average Bonchev–Trinajstić information content (AvgIpc) is 2.74. The van der Waals surface area contributed by atoms with Gasteiger partial charge in [0.15, 0.2) is 6.04 Å². The quantitative estimate of drug-likeness (QED) is 0.889. The summed E-state index contributed by atoms with van der Waals surface area (Å²) in [4.78, 5) is 25.4. The largest absolute Gasteiger partial charge is 0.479 e. The number of likely N-dealkylation sites (tertiary alicyclic amines) is 1. The molecule has 0 radical (unpaired) electrons. The summed E-state index contributed by atoms with van der Waals surface area (Å²) in [6.07, 6.45) is 2.50. The number of benzene rings is 1. The number of aliphatic hydroxyl groups is 1. The Hall–Kier alpha value is -1.88. The molecule has 5 nitrogen and oxygen atoms in total. The van der Waals surface area contributed by atoms with Crippen LogP contribution in [0.15, 0.2) is 30.3 Å². The van der Waals surface area contributed by atoms with Gasteiger partial charge in [0.2, 0.25) is 5.91 Å². The lowest BCUT2D eigenvalue weighted by atomic mass is 9.81. The van der Waals surface area contributed by atoms with Crippen LogP contribution in [0.1, 0.15) is 37.3 Å². The SMILES string of the molecule is O=C(O)C(c1ccccc1)N1C(=O)C2CCCCC2C1O. The molecular weight excluding hydrogens is 270 g/mol. The first-order chi connectivity index (χ1) is 10.1. The fourth-order valence-corrected chi connectivity index (χ4v) is 3.69. The molecular formula is C16H19NO4. The van der Waals surface area contributed by atoms with Crippen molar-refractivity contribution in [1.29, 1.82) is 0 Å². The Labute approximate surface area is 123 Å². The lowest BCUT2D eigenvalue weighted by molar-refractivity contribution is -0.156. The number of rotatable bonds is 3. The van der Waals surface area contributed by atoms with Gasteiger partial charge in [0.1, 0.15) is 6.23 Å². The van der Waals surface area contributed by atoms with Crippen molar-refractivity contribution in [2.24, 2.45) is 11.8 Å². The van der Waals surface area contributed by atoms with E-state index in [0.717, 1.165) is 25.7 Å². The van der Waals surface area contributed by atoms with E-state index in [1.807, 2.05) is 0 Å². The number of carboxylic acid groups (broad SMARTS) is 1. The zero-order chi connectivity index (χ0) is 15.0. The summed E-state index contributed by atoms with van der Waals surface area (Å²) in [5.41, 5.74) is 0.524. The summed E-state index contributed by atoms with van der Waals surface area (Å²) < 4.78 is 0. The summed E-state index contributed by atoms with van der Waals surface area (Å²) in [7, 11) is 0. The highest BCUT2D eigenvalue weighted by Gasteiger charge is 2.51. The zero-order valence-electron chi connectivity index (χ0n) is 11.7. The molecule has 1 aromatic carbocycles. The smallest absolute Gasteiger partial charge is 0.331 e. The van der Waals surface area contributed by atoms with Crippen LogP contribution in [0.25, 0.3) is 0 Å². The molecule has 0 bridgehead atoms. The van der Waals surface area contributed by atoms with E-state index in [1.165, 1.54) is 4.90 Å². The van der Waals surface area contributed by atoms with Crippen molar-refractivity contribution in [3.63, 3.8) is 0 Å². The van der Waals surface area contributed by atoms with Crippen LogP contribution < -0.4 is 0 Å². The molecule has 1 saturated carbocycles. The van der Waals surface area contributed by atoms with E-state index in [9.17, 15) is 19.8 Å². The molecule has 1 amide bonds. The Balaban J connectivity index is 1.96. The summed E-state index contributed by atoms with van der Waals surface area (Å²) >= 11 is 0. The molecule has 2 fully saturated rings. The fraction of sp³-hybridized carbons (Fsp3) is 0.500. The molecule has 5 heteroatoms. The van der Waals surface area contributed by atoms with Crippen molar-refractivity contribution in [2.45, 2.75) is 38.0 Å². The van der Waals surface area contributed by atoms with Crippen LogP contribution in [-0.4, -0.2) is 33.2 Å². The molecule has 1 heterocycles. The van der Waals surface area contributed by atoms with Gasteiger partial charge in [0, 0.05) is 11.8 Å². The van der Waals surface area contributed by atoms with Crippen molar-refractivity contribution < 1.29 is 19.8 Å². The Morgan fingerprint density at radius 1 is 1.19 bits per heavy atom. The molecule has 1 aliphatic heterocycles. The molecule has 112 valence electrons. The third kappa shape index (κ3) is 2.31. The first-order valence-corrected chi connectivity index (χ1v) is 7.39. The van der Waals surface area contributed by atoms with Gasteiger partial charge in [-0.2, -0.15) is 0 Å². The molecule has 0 aromatic heterocycles. The molecule has 21 heavy (non-hydrogen) atoms. The molecule has 1 aromatic rings. The zero-order valence-corrected chi connectivity index (χ0v) is 11.7. The minimum absolute atomic E-state index is 0.128. The number of carboxylic acids is 1. The van der Waals surface area contributed by atoms with E-state index >= 15 is 0 Å². The monoisotopic (exact) mass is 289 g/mol. The predicted octanol–water partition coefficient (Wildman–Crippen LogP) is 1.78. The van der Waals surface area contributed by atoms with E-state index in [0.29, 0.717) is 5.56 Å². The molecule has 0 spiro atoms. The summed E-state index contributed by atoms with van der Waals surface area (Å²) in [6.45, 7) is 0. The first kappa shape index (κ1) is 14.1. The lowest BCUT2D eigenvalue weighted by Crippen LogP contribution is -2.42. The van der Waals surface area contributed by atoms with Crippen molar-refractivity contribution in [3.8, 4) is 0 Å². The third-order valence-electron chi connectivity index (χ3n) is 4.69. The highest BCUT2D eigenvalue weighted by Crippen LogP contribution is 2.43. The van der Waals surface area contributed by atoms with E-state index < -0.39 is 18.2 Å². The first-order valence-electron chi connectivity index (χ1n) is 7.39. The van der Waals surface area contributed by atoms with E-state index in [-0.39, 0.29) is 17.7 Å². The van der Waals surface area contributed by atoms with Gasteiger partial charge in [0.25, 0.3) is 0 Å². The minimum Gasteiger partial charge on any atom is -0.479 e. The molecule has 2 N–H and O–H groups in total. The van der Waals surface area contributed by atoms with Crippen LogP contribution in [-0.2, 0) is 9.59 Å². The third-order valence-corrected chi connectivity index (χ3v) is 4.69. The number of carbonyl (C=O) groups excluding carboxylic acids is 1. The number of fused-ring (bicyclic) bond motifs is 1. The van der Waals surface area contributed by atoms with Gasteiger partial charge in [-0.3, -0.25) is 9.69 Å². The molecule has 3 rings (SSSR count). The van der Waals surface area contributed by atoms with Gasteiger partial charge in [-0.15, -0.1) is 0 Å². The van der Waals surface area contributed by atoms with Gasteiger partial charge < -0.3 is 10.2 Å². The second-order valence-electron chi connectivity index (χ2n) is 5.87. The molecule has 2 aliphatic rings. The van der Waals surface area contributed by atoms with Crippen LogP contribution in [0, 0.1) is 11.8 Å².